The summed E-state index contributed by atoms with van der Waals surface area (Å²) in [6, 6.07) is 16.8. The van der Waals surface area contributed by atoms with Gasteiger partial charge in [0, 0.05) is 11.6 Å². The topological polar surface area (TPSA) is 108 Å². The molecular formula is C23H12Cl2N2O6. The van der Waals surface area contributed by atoms with E-state index in [9.17, 15) is 19.7 Å². The summed E-state index contributed by atoms with van der Waals surface area (Å²) in [5.41, 5.74) is 0.746. The summed E-state index contributed by atoms with van der Waals surface area (Å²) in [6.07, 6.45) is 1.47. The molecule has 4 rings (SSSR count). The normalized spacial score (nSPS) is 14.1. The molecule has 0 aliphatic carbocycles. The van der Waals surface area contributed by atoms with Gasteiger partial charge in [0.05, 0.1) is 15.5 Å². The molecule has 0 N–H and O–H groups in total. The number of nitrogens with zero attached hydrogens (tertiary/aromatic N) is 2. The van der Waals surface area contributed by atoms with Crippen molar-refractivity contribution in [3.05, 3.63) is 109 Å². The summed E-state index contributed by atoms with van der Waals surface area (Å²) in [5.74, 6) is -1.10. The summed E-state index contributed by atoms with van der Waals surface area (Å²) >= 11 is 11.8. The number of benzene rings is 3. The maximum absolute atomic E-state index is 12.3. The van der Waals surface area contributed by atoms with Gasteiger partial charge in [0.25, 0.3) is 5.69 Å². The lowest BCUT2D eigenvalue weighted by Gasteiger charge is -2.06. The Kier molecular flexibility index (Phi) is 6.21. The molecule has 0 atom stereocenters. The van der Waals surface area contributed by atoms with Crippen LogP contribution in [-0.2, 0) is 9.53 Å². The van der Waals surface area contributed by atoms with Crippen LogP contribution in [0.15, 0.2) is 77.4 Å². The van der Waals surface area contributed by atoms with Crippen LogP contribution in [0.25, 0.3) is 6.08 Å². The Balaban J connectivity index is 1.52. The minimum atomic E-state index is -0.711. The molecule has 0 radical (unpaired) electrons. The van der Waals surface area contributed by atoms with Crippen LogP contribution < -0.4 is 4.74 Å². The third-order valence-corrected chi connectivity index (χ3v) is 5.15. The number of nitro benzene ring substituents is 1. The van der Waals surface area contributed by atoms with E-state index in [0.717, 1.165) is 0 Å². The first kappa shape index (κ1) is 22.2. The van der Waals surface area contributed by atoms with Gasteiger partial charge in [-0.15, -0.1) is 0 Å². The number of rotatable bonds is 5. The predicted octanol–water partition coefficient (Wildman–Crippen LogP) is 5.47. The minimum Gasteiger partial charge on any atom is -0.423 e. The van der Waals surface area contributed by atoms with E-state index in [-0.39, 0.29) is 44.2 Å². The number of carbonyl (C=O) groups excluding carboxylic acids is 2. The number of esters is 2. The Labute approximate surface area is 196 Å². The van der Waals surface area contributed by atoms with Crippen molar-refractivity contribution < 1.29 is 24.0 Å². The zero-order chi connectivity index (χ0) is 23.5. The van der Waals surface area contributed by atoms with Gasteiger partial charge in [0.15, 0.2) is 5.70 Å². The first-order valence-electron chi connectivity index (χ1n) is 9.35. The summed E-state index contributed by atoms with van der Waals surface area (Å²) in [5, 5.41) is 11.3. The van der Waals surface area contributed by atoms with Crippen LogP contribution in [0.4, 0.5) is 5.69 Å². The lowest BCUT2D eigenvalue weighted by molar-refractivity contribution is -0.384. The van der Waals surface area contributed by atoms with E-state index >= 15 is 0 Å². The standard InChI is InChI=1S/C23H12Cl2N2O6/c24-17-4-2-1-3-16(17)22(28)32-15-8-5-13(6-9-15)11-19-23(29)33-21(26-19)14-7-10-18(25)20(12-14)27(30)31/h1-12H/b19-11-. The molecule has 8 nitrogen and oxygen atoms in total. The predicted molar refractivity (Wildman–Crippen MR) is 122 cm³/mol. The van der Waals surface area contributed by atoms with Gasteiger partial charge in [-0.25, -0.2) is 14.6 Å². The molecule has 0 spiro atoms. The molecule has 3 aromatic rings. The molecule has 1 aliphatic rings. The quantitative estimate of drug-likeness (QED) is 0.157. The fourth-order valence-corrected chi connectivity index (χ4v) is 3.30. The van der Waals surface area contributed by atoms with Crippen LogP contribution in [-0.4, -0.2) is 22.8 Å². The van der Waals surface area contributed by atoms with Crippen molar-refractivity contribution in [3.8, 4) is 5.75 Å². The van der Waals surface area contributed by atoms with Gasteiger partial charge >= 0.3 is 11.9 Å². The summed E-state index contributed by atoms with van der Waals surface area (Å²) in [7, 11) is 0. The molecule has 0 aromatic heterocycles. The number of hydrogen-bond acceptors (Lipinski definition) is 7. The van der Waals surface area contributed by atoms with Crippen molar-refractivity contribution >= 4 is 52.8 Å². The van der Waals surface area contributed by atoms with Crippen LogP contribution >= 0.6 is 23.2 Å². The first-order chi connectivity index (χ1) is 15.8. The number of nitro groups is 1. The van der Waals surface area contributed by atoms with Crippen molar-refractivity contribution in [2.75, 3.05) is 0 Å². The Morgan fingerprint density at radius 3 is 2.45 bits per heavy atom. The highest BCUT2D eigenvalue weighted by Gasteiger charge is 2.26. The monoisotopic (exact) mass is 482 g/mol. The average molecular weight is 483 g/mol. The van der Waals surface area contributed by atoms with Gasteiger partial charge in [-0.2, -0.15) is 0 Å². The van der Waals surface area contributed by atoms with Gasteiger partial charge in [0.1, 0.15) is 10.8 Å². The molecule has 33 heavy (non-hydrogen) atoms. The molecule has 0 unspecified atom stereocenters. The van der Waals surface area contributed by atoms with Gasteiger partial charge in [0.2, 0.25) is 5.90 Å². The zero-order valence-electron chi connectivity index (χ0n) is 16.5. The third kappa shape index (κ3) is 4.92. The van der Waals surface area contributed by atoms with Crippen LogP contribution in [0.1, 0.15) is 21.5 Å². The highest BCUT2D eigenvalue weighted by atomic mass is 35.5. The van der Waals surface area contributed by atoms with Crippen LogP contribution in [0.3, 0.4) is 0 Å². The third-order valence-electron chi connectivity index (χ3n) is 4.50. The average Bonchev–Trinajstić information content (AvgIpc) is 3.15. The first-order valence-corrected chi connectivity index (χ1v) is 10.1. The molecule has 164 valence electrons. The van der Waals surface area contributed by atoms with E-state index in [0.29, 0.717) is 5.56 Å². The number of ether oxygens (including phenoxy) is 2. The summed E-state index contributed by atoms with van der Waals surface area (Å²) in [4.78, 5) is 39.0. The number of carbonyl (C=O) groups is 2. The summed E-state index contributed by atoms with van der Waals surface area (Å²) in [6.45, 7) is 0. The SMILES string of the molecule is O=C1OC(c2ccc(Cl)c([N+](=O)[O-])c2)=N/C1=C\c1ccc(OC(=O)c2ccccc2Cl)cc1. The van der Waals surface area contributed by atoms with Crippen molar-refractivity contribution in [2.45, 2.75) is 0 Å². The van der Waals surface area contributed by atoms with E-state index in [1.165, 1.54) is 24.3 Å². The van der Waals surface area contributed by atoms with Crippen molar-refractivity contribution in [2.24, 2.45) is 4.99 Å². The molecule has 10 heteroatoms. The van der Waals surface area contributed by atoms with Gasteiger partial charge in [-0.1, -0.05) is 47.5 Å². The van der Waals surface area contributed by atoms with Crippen molar-refractivity contribution in [1.82, 2.24) is 0 Å². The maximum Gasteiger partial charge on any atom is 0.363 e. The smallest absolute Gasteiger partial charge is 0.363 e. The number of halogens is 2. The molecule has 0 saturated carbocycles. The fraction of sp³-hybridized carbons (Fsp3) is 0. The second-order valence-corrected chi connectivity index (χ2v) is 7.51. The second kappa shape index (κ2) is 9.23. The number of hydrogen-bond donors (Lipinski definition) is 0. The van der Waals surface area contributed by atoms with Gasteiger partial charge in [-0.3, -0.25) is 10.1 Å². The molecule has 1 aliphatic heterocycles. The van der Waals surface area contributed by atoms with Crippen molar-refractivity contribution in [3.63, 3.8) is 0 Å². The molecular weight excluding hydrogens is 471 g/mol. The molecule has 1 heterocycles. The lowest BCUT2D eigenvalue weighted by Crippen LogP contribution is -2.08. The number of aliphatic imine (C=N–C) groups is 1. The fourth-order valence-electron chi connectivity index (χ4n) is 2.90. The Hall–Kier alpha value is -4.01. The molecule has 0 bridgehead atoms. The zero-order valence-corrected chi connectivity index (χ0v) is 18.0. The maximum atomic E-state index is 12.3. The molecule has 0 fully saturated rings. The molecule has 0 saturated heterocycles. The van der Waals surface area contributed by atoms with Crippen LogP contribution in [0.2, 0.25) is 10.0 Å². The Morgan fingerprint density at radius 1 is 1.03 bits per heavy atom. The second-order valence-electron chi connectivity index (χ2n) is 6.70. The molecule has 0 amide bonds. The summed E-state index contributed by atoms with van der Waals surface area (Å²) < 4.78 is 10.5. The van der Waals surface area contributed by atoms with Gasteiger partial charge < -0.3 is 9.47 Å². The number of cyclic esters (lactones) is 1. The highest BCUT2D eigenvalue weighted by Crippen LogP contribution is 2.28. The van der Waals surface area contributed by atoms with E-state index in [4.69, 9.17) is 32.7 Å². The van der Waals surface area contributed by atoms with Crippen LogP contribution in [0, 0.1) is 10.1 Å². The minimum absolute atomic E-state index is 0.00316. The largest absolute Gasteiger partial charge is 0.423 e. The van der Waals surface area contributed by atoms with E-state index in [2.05, 4.69) is 4.99 Å². The molecule has 3 aromatic carbocycles. The van der Waals surface area contributed by atoms with E-state index < -0.39 is 16.9 Å². The highest BCUT2D eigenvalue weighted by molar-refractivity contribution is 6.33. The van der Waals surface area contributed by atoms with Crippen LogP contribution in [0.5, 0.6) is 5.75 Å². The Bertz CT molecular complexity index is 1350. The van der Waals surface area contributed by atoms with Gasteiger partial charge in [-0.05, 0) is 48.0 Å². The van der Waals surface area contributed by atoms with Crippen molar-refractivity contribution in [1.29, 1.82) is 0 Å². The van der Waals surface area contributed by atoms with E-state index in [1.807, 2.05) is 0 Å². The lowest BCUT2D eigenvalue weighted by atomic mass is 10.2. The van der Waals surface area contributed by atoms with E-state index in [1.54, 1.807) is 48.5 Å². The Morgan fingerprint density at radius 2 is 1.76 bits per heavy atom.